The van der Waals surface area contributed by atoms with Crippen molar-refractivity contribution in [3.8, 4) is 17.1 Å². The first-order valence-electron chi connectivity index (χ1n) is 10.3. The van der Waals surface area contributed by atoms with Crippen LogP contribution in [0.5, 0.6) is 6.01 Å². The number of nitrogens with one attached hydrogen (secondary N) is 3. The summed E-state index contributed by atoms with van der Waals surface area (Å²) in [5.74, 6) is -1.58. The molecule has 34 heavy (non-hydrogen) atoms. The lowest BCUT2D eigenvalue weighted by atomic mass is 10.0. The Balaban J connectivity index is 1.48. The zero-order valence-electron chi connectivity index (χ0n) is 17.9. The molecular formula is C22H19FN6O4S. The minimum atomic E-state index is -3.95. The molecule has 1 saturated carbocycles. The number of nitrogens with zero attached hydrogens (tertiary/aromatic N) is 3. The van der Waals surface area contributed by atoms with Gasteiger partial charge in [0, 0.05) is 52.9 Å². The fraction of sp³-hybridized carbons (Fsp3) is 0.182. The number of carbonyl (C=O) groups is 1. The van der Waals surface area contributed by atoms with Crippen LogP contribution in [-0.4, -0.2) is 47.3 Å². The van der Waals surface area contributed by atoms with Gasteiger partial charge in [-0.2, -0.15) is 13.1 Å². The number of pyridine rings is 1. The molecule has 5 rings (SSSR count). The van der Waals surface area contributed by atoms with Crippen LogP contribution in [-0.2, 0) is 10.2 Å². The van der Waals surface area contributed by atoms with E-state index in [4.69, 9.17) is 4.74 Å². The van der Waals surface area contributed by atoms with Crippen molar-refractivity contribution in [1.29, 1.82) is 0 Å². The third kappa shape index (κ3) is 4.32. The Kier molecular flexibility index (Phi) is 5.46. The molecule has 0 amide bonds. The highest BCUT2D eigenvalue weighted by Gasteiger charge is 2.28. The average molecular weight is 482 g/mol. The second kappa shape index (κ2) is 8.47. The predicted octanol–water partition coefficient (Wildman–Crippen LogP) is 2.81. The van der Waals surface area contributed by atoms with Crippen LogP contribution in [0.3, 0.4) is 0 Å². The monoisotopic (exact) mass is 482 g/mol. The molecule has 3 aromatic heterocycles. The molecule has 3 N–H and O–H groups in total. The summed E-state index contributed by atoms with van der Waals surface area (Å²) in [5, 5.41) is 0.471. The molecule has 12 heteroatoms. The number of hydrogen-bond acceptors (Lipinski definition) is 7. The van der Waals surface area contributed by atoms with Gasteiger partial charge in [-0.1, -0.05) is 6.07 Å². The molecular weight excluding hydrogens is 463 g/mol. The van der Waals surface area contributed by atoms with Gasteiger partial charge in [-0.15, -0.1) is 0 Å². The average Bonchev–Trinajstić information content (AvgIpc) is 3.53. The summed E-state index contributed by atoms with van der Waals surface area (Å²) < 4.78 is 49.1. The number of methoxy groups -OCH3 is 1. The highest BCUT2D eigenvalue weighted by molar-refractivity contribution is 7.90. The van der Waals surface area contributed by atoms with Gasteiger partial charge in [-0.3, -0.25) is 9.52 Å². The second-order valence-corrected chi connectivity index (χ2v) is 9.22. The van der Waals surface area contributed by atoms with Crippen molar-refractivity contribution in [3.05, 3.63) is 66.0 Å². The lowest BCUT2D eigenvalue weighted by molar-refractivity contribution is 0.103. The van der Waals surface area contributed by atoms with E-state index in [1.807, 2.05) is 0 Å². The number of rotatable bonds is 8. The number of benzene rings is 1. The number of H-pyrrole nitrogens is 1. The SMILES string of the molecule is COc1ncc(-c2cnc3[nH]cc(C(=O)c4cccc(NS(=O)(=O)NC5CC5)c4F)c3c2)cn1. The van der Waals surface area contributed by atoms with Crippen molar-refractivity contribution in [1.82, 2.24) is 24.7 Å². The molecule has 0 aliphatic heterocycles. The van der Waals surface area contributed by atoms with E-state index in [0.29, 0.717) is 22.2 Å². The van der Waals surface area contributed by atoms with Crippen LogP contribution in [0.2, 0.25) is 0 Å². The molecule has 0 spiro atoms. The first-order chi connectivity index (χ1) is 16.3. The Labute approximate surface area is 193 Å². The number of carbonyl (C=O) groups excluding carboxylic acids is 1. The van der Waals surface area contributed by atoms with E-state index < -0.39 is 21.8 Å². The van der Waals surface area contributed by atoms with Crippen LogP contribution in [0.15, 0.2) is 49.1 Å². The minimum Gasteiger partial charge on any atom is -0.467 e. The van der Waals surface area contributed by atoms with Crippen molar-refractivity contribution in [2.45, 2.75) is 18.9 Å². The van der Waals surface area contributed by atoms with E-state index in [9.17, 15) is 13.2 Å². The molecule has 3 heterocycles. The fourth-order valence-corrected chi connectivity index (χ4v) is 4.63. The molecule has 1 fully saturated rings. The van der Waals surface area contributed by atoms with Gasteiger partial charge in [0.1, 0.15) is 5.65 Å². The topological polar surface area (TPSA) is 139 Å². The largest absolute Gasteiger partial charge is 0.467 e. The molecule has 4 aromatic rings. The number of ether oxygens (including phenoxy) is 1. The molecule has 10 nitrogen and oxygen atoms in total. The van der Waals surface area contributed by atoms with Gasteiger partial charge in [0.05, 0.1) is 18.4 Å². The van der Waals surface area contributed by atoms with Crippen molar-refractivity contribution < 1.29 is 22.3 Å². The van der Waals surface area contributed by atoms with Gasteiger partial charge in [-0.05, 0) is 31.0 Å². The zero-order chi connectivity index (χ0) is 23.9. The van der Waals surface area contributed by atoms with E-state index in [1.165, 1.54) is 31.5 Å². The molecule has 1 aliphatic carbocycles. The third-order valence-corrected chi connectivity index (χ3v) is 6.44. The predicted molar refractivity (Wildman–Crippen MR) is 122 cm³/mol. The third-order valence-electron chi connectivity index (χ3n) is 5.31. The zero-order valence-corrected chi connectivity index (χ0v) is 18.7. The van der Waals surface area contributed by atoms with Gasteiger partial charge in [0.25, 0.3) is 10.2 Å². The molecule has 0 saturated heterocycles. The number of fused-ring (bicyclic) bond motifs is 1. The Bertz CT molecular complexity index is 1500. The van der Waals surface area contributed by atoms with E-state index >= 15 is 4.39 Å². The summed E-state index contributed by atoms with van der Waals surface area (Å²) in [5.41, 5.74) is 1.34. The van der Waals surface area contributed by atoms with Gasteiger partial charge in [0.15, 0.2) is 11.6 Å². The van der Waals surface area contributed by atoms with Crippen LogP contribution in [0.1, 0.15) is 28.8 Å². The molecule has 0 unspecified atom stereocenters. The lowest BCUT2D eigenvalue weighted by Gasteiger charge is -2.11. The lowest BCUT2D eigenvalue weighted by Crippen LogP contribution is -2.32. The molecule has 1 aliphatic rings. The number of anilines is 1. The van der Waals surface area contributed by atoms with Crippen LogP contribution < -0.4 is 14.2 Å². The van der Waals surface area contributed by atoms with Crippen molar-refractivity contribution in [2.24, 2.45) is 0 Å². The number of hydrogen-bond donors (Lipinski definition) is 3. The standard InChI is InChI=1S/C22H19FN6O4S/c1-33-22-26-9-13(10-27-22)12-7-16-17(11-25-21(16)24-8-12)20(30)15-3-2-4-18(19(15)23)29-34(31,32)28-14-5-6-14/h2-4,7-11,14,28-29H,5-6H2,1H3,(H,24,25). The van der Waals surface area contributed by atoms with Crippen LogP contribution in [0, 0.1) is 5.82 Å². The van der Waals surface area contributed by atoms with E-state index in [1.54, 1.807) is 24.7 Å². The quantitative estimate of drug-likeness (QED) is 0.328. The summed E-state index contributed by atoms with van der Waals surface area (Å²) in [7, 11) is -2.49. The van der Waals surface area contributed by atoms with Gasteiger partial charge in [-0.25, -0.2) is 19.3 Å². The maximum Gasteiger partial charge on any atom is 0.316 e. The highest BCUT2D eigenvalue weighted by Crippen LogP contribution is 2.28. The van der Waals surface area contributed by atoms with Crippen LogP contribution in [0.25, 0.3) is 22.2 Å². The number of halogens is 1. The van der Waals surface area contributed by atoms with Crippen LogP contribution in [0.4, 0.5) is 10.1 Å². The Hall–Kier alpha value is -3.90. The van der Waals surface area contributed by atoms with Gasteiger partial charge >= 0.3 is 6.01 Å². The summed E-state index contributed by atoms with van der Waals surface area (Å²) >= 11 is 0. The van der Waals surface area contributed by atoms with Gasteiger partial charge in [0.2, 0.25) is 0 Å². The molecule has 174 valence electrons. The molecule has 0 bridgehead atoms. The fourth-order valence-electron chi connectivity index (χ4n) is 3.45. The normalized spacial score (nSPS) is 13.7. The maximum absolute atomic E-state index is 15.2. The summed E-state index contributed by atoms with van der Waals surface area (Å²) in [6.07, 6.45) is 7.64. The number of aromatic amines is 1. The number of aromatic nitrogens is 4. The summed E-state index contributed by atoms with van der Waals surface area (Å²) in [4.78, 5) is 28.6. The van der Waals surface area contributed by atoms with E-state index in [0.717, 1.165) is 12.8 Å². The summed E-state index contributed by atoms with van der Waals surface area (Å²) in [6, 6.07) is 5.77. The molecule has 1 aromatic carbocycles. The highest BCUT2D eigenvalue weighted by atomic mass is 32.2. The smallest absolute Gasteiger partial charge is 0.316 e. The van der Waals surface area contributed by atoms with Crippen molar-refractivity contribution in [2.75, 3.05) is 11.8 Å². The summed E-state index contributed by atoms with van der Waals surface area (Å²) in [6.45, 7) is 0. The Morgan fingerprint density at radius 1 is 1.12 bits per heavy atom. The van der Waals surface area contributed by atoms with Gasteiger partial charge < -0.3 is 9.72 Å². The minimum absolute atomic E-state index is 0.144. The molecule has 0 atom stereocenters. The maximum atomic E-state index is 15.2. The second-order valence-electron chi connectivity index (χ2n) is 7.77. The van der Waals surface area contributed by atoms with Crippen LogP contribution >= 0.6 is 0 Å². The Morgan fingerprint density at radius 2 is 1.85 bits per heavy atom. The van der Waals surface area contributed by atoms with Crippen molar-refractivity contribution >= 4 is 32.7 Å². The van der Waals surface area contributed by atoms with E-state index in [2.05, 4.69) is 29.4 Å². The first-order valence-corrected chi connectivity index (χ1v) is 11.8. The number of ketones is 1. The van der Waals surface area contributed by atoms with Crippen molar-refractivity contribution in [3.63, 3.8) is 0 Å². The Morgan fingerprint density at radius 3 is 2.56 bits per heavy atom. The first kappa shape index (κ1) is 21.9. The molecule has 0 radical (unpaired) electrons. The van der Waals surface area contributed by atoms with E-state index in [-0.39, 0.29) is 28.9 Å².